The molecule has 0 fully saturated rings. The number of alkyl halides is 1. The third kappa shape index (κ3) is 1.33. The minimum atomic E-state index is -0.493. The molecule has 0 aliphatic heterocycles. The number of rotatable bonds is 2. The summed E-state index contributed by atoms with van der Waals surface area (Å²) in [7, 11) is 0. The van der Waals surface area contributed by atoms with E-state index in [-0.39, 0.29) is 6.54 Å². The van der Waals surface area contributed by atoms with Crippen molar-refractivity contribution in [2.75, 3.05) is 12.4 Å². The molecular formula is C7H7BrFN5. The van der Waals surface area contributed by atoms with Crippen LogP contribution in [0.15, 0.2) is 10.9 Å². The van der Waals surface area contributed by atoms with Crippen LogP contribution in [0.3, 0.4) is 0 Å². The lowest BCUT2D eigenvalue weighted by Gasteiger charge is -1.97. The summed E-state index contributed by atoms with van der Waals surface area (Å²) in [6.45, 7) is -0.328. The topological polar surface area (TPSA) is 69.6 Å². The number of nitrogens with two attached hydrogens (primary N) is 1. The fraction of sp³-hybridized carbons (Fsp3) is 0.286. The summed E-state index contributed by atoms with van der Waals surface area (Å²) in [5, 5.41) is 4.68. The average Bonchev–Trinajstić information content (AvgIpc) is 2.46. The van der Waals surface area contributed by atoms with E-state index in [4.69, 9.17) is 5.73 Å². The number of hydrogen-bond acceptors (Lipinski definition) is 4. The Morgan fingerprint density at radius 2 is 2.29 bits per heavy atom. The first kappa shape index (κ1) is 9.32. The third-order valence-electron chi connectivity index (χ3n) is 1.81. The minimum Gasteiger partial charge on any atom is -0.383 e. The number of nitrogens with zero attached hydrogens (tertiary/aromatic N) is 4. The van der Waals surface area contributed by atoms with E-state index in [0.717, 1.165) is 0 Å². The largest absolute Gasteiger partial charge is 0.383 e. The fourth-order valence-corrected chi connectivity index (χ4v) is 1.79. The van der Waals surface area contributed by atoms with Crippen LogP contribution in [0.2, 0.25) is 0 Å². The standard InChI is InChI=1S/C7H7BrFN5/c8-5-4-6(10)11-3-12-7(4)14(13-5)2-1-9/h3H,1-2H2,(H2,10,11,12). The molecule has 7 heteroatoms. The molecule has 0 aliphatic rings. The van der Waals surface area contributed by atoms with Crippen LogP contribution >= 0.6 is 15.9 Å². The Labute approximate surface area is 87.3 Å². The maximum atomic E-state index is 12.2. The molecule has 2 rings (SSSR count). The van der Waals surface area contributed by atoms with Gasteiger partial charge in [0.15, 0.2) is 5.65 Å². The summed E-state index contributed by atoms with van der Waals surface area (Å²) in [5.41, 5.74) is 6.18. The second-order valence-corrected chi connectivity index (χ2v) is 3.41. The van der Waals surface area contributed by atoms with Crippen molar-refractivity contribution in [3.8, 4) is 0 Å². The highest BCUT2D eigenvalue weighted by molar-refractivity contribution is 9.10. The number of aryl methyl sites for hydroxylation is 1. The number of hydrogen-bond donors (Lipinski definition) is 1. The van der Waals surface area contributed by atoms with Gasteiger partial charge < -0.3 is 5.73 Å². The van der Waals surface area contributed by atoms with Gasteiger partial charge in [-0.2, -0.15) is 5.10 Å². The van der Waals surface area contributed by atoms with Crippen LogP contribution in [-0.4, -0.2) is 26.4 Å². The van der Waals surface area contributed by atoms with Crippen LogP contribution in [-0.2, 0) is 6.54 Å². The van der Waals surface area contributed by atoms with Crippen LogP contribution in [0.5, 0.6) is 0 Å². The lowest BCUT2D eigenvalue weighted by molar-refractivity contribution is 0.431. The Morgan fingerprint density at radius 1 is 1.50 bits per heavy atom. The van der Waals surface area contributed by atoms with E-state index >= 15 is 0 Å². The SMILES string of the molecule is Nc1ncnc2c1c(Br)nn2CCF. The van der Waals surface area contributed by atoms with Gasteiger partial charge in [0.25, 0.3) is 0 Å². The summed E-state index contributed by atoms with van der Waals surface area (Å²) in [6.07, 6.45) is 1.33. The first-order chi connectivity index (χ1) is 6.74. The normalized spacial score (nSPS) is 11.0. The molecule has 0 spiro atoms. The van der Waals surface area contributed by atoms with Crippen molar-refractivity contribution in [3.05, 3.63) is 10.9 Å². The minimum absolute atomic E-state index is 0.165. The Bertz CT molecular complexity index is 468. The number of nitrogen functional groups attached to an aromatic ring is 1. The number of halogens is 2. The maximum absolute atomic E-state index is 12.2. The van der Waals surface area contributed by atoms with E-state index in [1.807, 2.05) is 0 Å². The van der Waals surface area contributed by atoms with Crippen molar-refractivity contribution in [1.82, 2.24) is 19.7 Å². The molecule has 5 nitrogen and oxygen atoms in total. The highest BCUT2D eigenvalue weighted by atomic mass is 79.9. The molecule has 2 aromatic rings. The second kappa shape index (κ2) is 3.49. The Kier molecular flexibility index (Phi) is 2.32. The van der Waals surface area contributed by atoms with Crippen LogP contribution in [0.25, 0.3) is 11.0 Å². The van der Waals surface area contributed by atoms with Crippen LogP contribution in [0.1, 0.15) is 0 Å². The van der Waals surface area contributed by atoms with Gasteiger partial charge in [-0.25, -0.2) is 19.0 Å². The van der Waals surface area contributed by atoms with Crippen molar-refractivity contribution in [2.45, 2.75) is 6.54 Å². The highest BCUT2D eigenvalue weighted by Gasteiger charge is 2.12. The molecule has 0 aromatic carbocycles. The molecule has 0 atom stereocenters. The van der Waals surface area contributed by atoms with E-state index in [1.54, 1.807) is 0 Å². The molecule has 2 heterocycles. The molecule has 74 valence electrons. The van der Waals surface area contributed by atoms with Crippen molar-refractivity contribution >= 4 is 32.8 Å². The molecule has 2 aromatic heterocycles. The Hall–Kier alpha value is -1.24. The van der Waals surface area contributed by atoms with E-state index in [9.17, 15) is 4.39 Å². The maximum Gasteiger partial charge on any atom is 0.164 e. The monoisotopic (exact) mass is 259 g/mol. The van der Waals surface area contributed by atoms with E-state index in [2.05, 4.69) is 31.0 Å². The van der Waals surface area contributed by atoms with Gasteiger partial charge in [-0.05, 0) is 15.9 Å². The van der Waals surface area contributed by atoms with Gasteiger partial charge in [-0.3, -0.25) is 0 Å². The predicted molar refractivity (Wildman–Crippen MR) is 53.4 cm³/mol. The predicted octanol–water partition coefficient (Wildman–Crippen LogP) is 1.14. The van der Waals surface area contributed by atoms with Crippen molar-refractivity contribution in [3.63, 3.8) is 0 Å². The smallest absolute Gasteiger partial charge is 0.164 e. The molecule has 0 unspecified atom stereocenters. The molecule has 0 aliphatic carbocycles. The van der Waals surface area contributed by atoms with Gasteiger partial charge >= 0.3 is 0 Å². The van der Waals surface area contributed by atoms with Crippen LogP contribution < -0.4 is 5.73 Å². The zero-order valence-corrected chi connectivity index (χ0v) is 8.70. The van der Waals surface area contributed by atoms with Gasteiger partial charge in [0.05, 0.1) is 11.9 Å². The fourth-order valence-electron chi connectivity index (χ4n) is 1.22. The highest BCUT2D eigenvalue weighted by Crippen LogP contribution is 2.25. The average molecular weight is 260 g/mol. The Morgan fingerprint density at radius 3 is 3.00 bits per heavy atom. The Balaban J connectivity index is 2.71. The zero-order chi connectivity index (χ0) is 10.1. The first-order valence-corrected chi connectivity index (χ1v) is 4.71. The molecule has 0 saturated heterocycles. The van der Waals surface area contributed by atoms with Gasteiger partial charge in [0.2, 0.25) is 0 Å². The van der Waals surface area contributed by atoms with E-state index in [0.29, 0.717) is 21.5 Å². The van der Waals surface area contributed by atoms with Gasteiger partial charge in [-0.15, -0.1) is 0 Å². The molecule has 0 radical (unpaired) electrons. The summed E-state index contributed by atoms with van der Waals surface area (Å²) >= 11 is 3.22. The van der Waals surface area contributed by atoms with Gasteiger partial charge in [0, 0.05) is 0 Å². The van der Waals surface area contributed by atoms with Crippen molar-refractivity contribution < 1.29 is 4.39 Å². The molecule has 0 saturated carbocycles. The summed E-state index contributed by atoms with van der Waals surface area (Å²) in [4.78, 5) is 7.83. The van der Waals surface area contributed by atoms with Gasteiger partial charge in [-0.1, -0.05) is 0 Å². The van der Waals surface area contributed by atoms with Crippen molar-refractivity contribution in [1.29, 1.82) is 0 Å². The third-order valence-corrected chi connectivity index (χ3v) is 2.37. The molecule has 2 N–H and O–H groups in total. The number of anilines is 1. The molecular weight excluding hydrogens is 253 g/mol. The van der Waals surface area contributed by atoms with Crippen molar-refractivity contribution in [2.24, 2.45) is 0 Å². The van der Waals surface area contributed by atoms with E-state index < -0.39 is 6.67 Å². The summed E-state index contributed by atoms with van der Waals surface area (Å²) in [5.74, 6) is 0.340. The summed E-state index contributed by atoms with van der Waals surface area (Å²) < 4.78 is 14.2. The zero-order valence-electron chi connectivity index (χ0n) is 7.11. The molecule has 0 amide bonds. The van der Waals surface area contributed by atoms with E-state index in [1.165, 1.54) is 11.0 Å². The quantitative estimate of drug-likeness (QED) is 0.879. The number of aromatic nitrogens is 4. The van der Waals surface area contributed by atoms with Crippen LogP contribution in [0, 0.1) is 0 Å². The lowest BCUT2D eigenvalue weighted by atomic mass is 10.4. The second-order valence-electron chi connectivity index (χ2n) is 2.66. The van der Waals surface area contributed by atoms with Gasteiger partial charge in [0.1, 0.15) is 23.4 Å². The lowest BCUT2D eigenvalue weighted by Crippen LogP contribution is -2.03. The molecule has 0 bridgehead atoms. The van der Waals surface area contributed by atoms with Crippen LogP contribution in [0.4, 0.5) is 10.2 Å². The summed E-state index contributed by atoms with van der Waals surface area (Å²) in [6, 6.07) is 0. The number of fused-ring (bicyclic) bond motifs is 1. The molecule has 14 heavy (non-hydrogen) atoms. The first-order valence-electron chi connectivity index (χ1n) is 3.92.